The van der Waals surface area contributed by atoms with Gasteiger partial charge in [0.05, 0.1) is 19.9 Å². The molecule has 3 rings (SSSR count). The van der Waals surface area contributed by atoms with Crippen molar-refractivity contribution in [2.24, 2.45) is 0 Å². The van der Waals surface area contributed by atoms with Crippen LogP contribution in [0.3, 0.4) is 0 Å². The third kappa shape index (κ3) is 4.52. The number of carbonyl (C=O) groups excluding carboxylic acids is 1. The van der Waals surface area contributed by atoms with Crippen molar-refractivity contribution in [2.45, 2.75) is 0 Å². The van der Waals surface area contributed by atoms with E-state index < -0.39 is 0 Å². The molecule has 1 N–H and O–H groups in total. The second kappa shape index (κ2) is 8.35. The number of hydrogen-bond donors (Lipinski definition) is 1. The molecule has 0 aliphatic heterocycles. The molecular weight excluding hydrogens is 352 g/mol. The van der Waals surface area contributed by atoms with Crippen LogP contribution in [-0.4, -0.2) is 31.7 Å². The van der Waals surface area contributed by atoms with E-state index in [0.717, 1.165) is 22.8 Å². The van der Waals surface area contributed by atoms with Gasteiger partial charge in [0.15, 0.2) is 11.7 Å². The van der Waals surface area contributed by atoms with E-state index in [2.05, 4.69) is 10.3 Å². The van der Waals surface area contributed by atoms with Crippen molar-refractivity contribution in [1.29, 1.82) is 0 Å². The van der Waals surface area contributed by atoms with Crippen LogP contribution < -0.4 is 19.5 Å². The largest absolute Gasteiger partial charge is 0.497 e. The van der Waals surface area contributed by atoms with E-state index in [-0.39, 0.29) is 12.5 Å². The molecule has 26 heavy (non-hydrogen) atoms. The van der Waals surface area contributed by atoms with Crippen LogP contribution in [0.15, 0.2) is 53.9 Å². The van der Waals surface area contributed by atoms with Crippen LogP contribution >= 0.6 is 11.3 Å². The number of rotatable bonds is 7. The second-order valence-electron chi connectivity index (χ2n) is 5.28. The highest BCUT2D eigenvalue weighted by atomic mass is 32.1. The summed E-state index contributed by atoms with van der Waals surface area (Å²) in [5, 5.41) is 5.16. The smallest absolute Gasteiger partial charge is 0.264 e. The summed E-state index contributed by atoms with van der Waals surface area (Å²) in [6, 6.07) is 14.6. The van der Waals surface area contributed by atoms with Crippen LogP contribution in [0.25, 0.3) is 11.3 Å². The van der Waals surface area contributed by atoms with E-state index in [1.54, 1.807) is 38.5 Å². The maximum absolute atomic E-state index is 12.0. The summed E-state index contributed by atoms with van der Waals surface area (Å²) in [6.07, 6.45) is 0. The maximum Gasteiger partial charge on any atom is 0.264 e. The van der Waals surface area contributed by atoms with E-state index >= 15 is 0 Å². The highest BCUT2D eigenvalue weighted by Gasteiger charge is 2.09. The number of hydrogen-bond acceptors (Lipinski definition) is 6. The number of carbonyl (C=O) groups is 1. The average molecular weight is 370 g/mol. The lowest BCUT2D eigenvalue weighted by Crippen LogP contribution is -2.20. The van der Waals surface area contributed by atoms with Gasteiger partial charge in [-0.15, -0.1) is 11.3 Å². The van der Waals surface area contributed by atoms with Crippen molar-refractivity contribution in [3.8, 4) is 28.5 Å². The summed E-state index contributed by atoms with van der Waals surface area (Å²) in [5.41, 5.74) is 1.75. The molecule has 1 aromatic heterocycles. The van der Waals surface area contributed by atoms with Crippen LogP contribution in [0.4, 0.5) is 5.13 Å². The molecule has 0 radical (unpaired) electrons. The Kier molecular flexibility index (Phi) is 5.70. The Labute approximate surface area is 155 Å². The number of nitrogens with zero attached hydrogens (tertiary/aromatic N) is 1. The summed E-state index contributed by atoms with van der Waals surface area (Å²) in [7, 11) is 3.22. The van der Waals surface area contributed by atoms with Crippen LogP contribution in [0.1, 0.15) is 0 Å². The van der Waals surface area contributed by atoms with Crippen LogP contribution in [-0.2, 0) is 4.79 Å². The standard InChI is InChI=1S/C19H18N2O4S/c1-23-14-5-3-13(4-6-14)17-12-26-19(20-17)21-18(22)11-25-16-9-7-15(24-2)8-10-16/h3-10,12H,11H2,1-2H3,(H,20,21,22). The van der Waals surface area contributed by atoms with Crippen LogP contribution in [0.2, 0.25) is 0 Å². The molecule has 0 unspecified atom stereocenters. The molecule has 0 bridgehead atoms. The lowest BCUT2D eigenvalue weighted by molar-refractivity contribution is -0.118. The fraction of sp³-hybridized carbons (Fsp3) is 0.158. The molecule has 1 heterocycles. The van der Waals surface area contributed by atoms with Crippen molar-refractivity contribution in [3.63, 3.8) is 0 Å². The van der Waals surface area contributed by atoms with Gasteiger partial charge in [-0.1, -0.05) is 0 Å². The van der Waals surface area contributed by atoms with Crippen molar-refractivity contribution in [1.82, 2.24) is 4.98 Å². The zero-order valence-corrected chi connectivity index (χ0v) is 15.2. The molecule has 0 aliphatic carbocycles. The van der Waals surface area contributed by atoms with Gasteiger partial charge in [-0.25, -0.2) is 4.98 Å². The van der Waals surface area contributed by atoms with Crippen LogP contribution in [0, 0.1) is 0 Å². The van der Waals surface area contributed by atoms with Crippen molar-refractivity contribution >= 4 is 22.4 Å². The maximum atomic E-state index is 12.0. The van der Waals surface area contributed by atoms with Crippen molar-refractivity contribution < 1.29 is 19.0 Å². The second-order valence-corrected chi connectivity index (χ2v) is 6.14. The van der Waals surface area contributed by atoms with Crippen molar-refractivity contribution in [2.75, 3.05) is 26.1 Å². The van der Waals surface area contributed by atoms with Gasteiger partial charge in [0.2, 0.25) is 0 Å². The number of anilines is 1. The van der Waals surface area contributed by atoms with Gasteiger partial charge in [-0.05, 0) is 48.5 Å². The Balaban J connectivity index is 1.55. The zero-order chi connectivity index (χ0) is 18.4. The average Bonchev–Trinajstić information content (AvgIpc) is 3.15. The molecular formula is C19H18N2O4S. The van der Waals surface area contributed by atoms with Gasteiger partial charge in [0.25, 0.3) is 5.91 Å². The number of thiazole rings is 1. The van der Waals surface area contributed by atoms with E-state index in [0.29, 0.717) is 10.9 Å². The van der Waals surface area contributed by atoms with Gasteiger partial charge in [-0.2, -0.15) is 0 Å². The summed E-state index contributed by atoms with van der Waals surface area (Å²) in [6.45, 7) is -0.0935. The van der Waals surface area contributed by atoms with Gasteiger partial charge < -0.3 is 14.2 Å². The van der Waals surface area contributed by atoms with Gasteiger partial charge in [0.1, 0.15) is 17.2 Å². The molecule has 0 aliphatic rings. The lowest BCUT2D eigenvalue weighted by Gasteiger charge is -2.06. The van der Waals surface area contributed by atoms with E-state index in [9.17, 15) is 4.79 Å². The number of methoxy groups -OCH3 is 2. The third-order valence-corrected chi connectivity index (χ3v) is 4.32. The highest BCUT2D eigenvalue weighted by molar-refractivity contribution is 7.14. The molecule has 0 fully saturated rings. The van der Waals surface area contributed by atoms with E-state index in [4.69, 9.17) is 14.2 Å². The van der Waals surface area contributed by atoms with Crippen LogP contribution in [0.5, 0.6) is 17.2 Å². The van der Waals surface area contributed by atoms with Crippen molar-refractivity contribution in [3.05, 3.63) is 53.9 Å². The summed E-state index contributed by atoms with van der Waals surface area (Å²) in [5.74, 6) is 1.85. The Bertz CT molecular complexity index is 860. The molecule has 0 saturated heterocycles. The van der Waals surface area contributed by atoms with E-state index in [1.807, 2.05) is 29.6 Å². The highest BCUT2D eigenvalue weighted by Crippen LogP contribution is 2.26. The first kappa shape index (κ1) is 17.8. The lowest BCUT2D eigenvalue weighted by atomic mass is 10.2. The zero-order valence-electron chi connectivity index (χ0n) is 14.4. The molecule has 7 heteroatoms. The van der Waals surface area contributed by atoms with E-state index in [1.165, 1.54) is 11.3 Å². The first-order valence-corrected chi connectivity index (χ1v) is 8.72. The normalized spacial score (nSPS) is 10.2. The van der Waals surface area contributed by atoms with Gasteiger partial charge in [-0.3, -0.25) is 10.1 Å². The summed E-state index contributed by atoms with van der Waals surface area (Å²) in [4.78, 5) is 16.5. The molecule has 0 spiro atoms. The molecule has 0 saturated carbocycles. The number of benzene rings is 2. The topological polar surface area (TPSA) is 69.7 Å². The fourth-order valence-corrected chi connectivity index (χ4v) is 2.94. The number of ether oxygens (including phenoxy) is 3. The SMILES string of the molecule is COc1ccc(OCC(=O)Nc2nc(-c3ccc(OC)cc3)cs2)cc1. The Hall–Kier alpha value is -3.06. The quantitative estimate of drug-likeness (QED) is 0.684. The molecule has 3 aromatic rings. The monoisotopic (exact) mass is 370 g/mol. The first-order chi connectivity index (χ1) is 12.7. The Morgan fingerprint density at radius 3 is 2.15 bits per heavy atom. The third-order valence-electron chi connectivity index (χ3n) is 3.57. The predicted octanol–water partition coefficient (Wildman–Crippen LogP) is 3.84. The minimum Gasteiger partial charge on any atom is -0.497 e. The van der Waals surface area contributed by atoms with Gasteiger partial charge >= 0.3 is 0 Å². The number of aromatic nitrogens is 1. The minimum absolute atomic E-state index is 0.0935. The summed E-state index contributed by atoms with van der Waals surface area (Å²) >= 11 is 1.36. The molecule has 1 amide bonds. The fourth-order valence-electron chi connectivity index (χ4n) is 2.20. The molecule has 0 atom stereocenters. The molecule has 2 aromatic carbocycles. The minimum atomic E-state index is -0.267. The Morgan fingerprint density at radius 1 is 0.962 bits per heavy atom. The Morgan fingerprint density at radius 2 is 1.54 bits per heavy atom. The first-order valence-electron chi connectivity index (χ1n) is 7.84. The number of amides is 1. The predicted molar refractivity (Wildman–Crippen MR) is 101 cm³/mol. The molecule has 6 nitrogen and oxygen atoms in total. The molecule has 134 valence electrons. The van der Waals surface area contributed by atoms with Gasteiger partial charge in [0, 0.05) is 10.9 Å². The number of nitrogens with one attached hydrogen (secondary N) is 1. The summed E-state index contributed by atoms with van der Waals surface area (Å²) < 4.78 is 15.7.